The zero-order valence-corrected chi connectivity index (χ0v) is 19.0. The van der Waals surface area contributed by atoms with E-state index in [0.29, 0.717) is 34.6 Å². The number of aryl methyl sites for hydroxylation is 1. The monoisotopic (exact) mass is 449 g/mol. The van der Waals surface area contributed by atoms with Crippen molar-refractivity contribution in [1.82, 2.24) is 24.5 Å². The molecule has 1 aromatic carbocycles. The Morgan fingerprint density at radius 2 is 2.00 bits per heavy atom. The van der Waals surface area contributed by atoms with Crippen LogP contribution in [0.15, 0.2) is 27.9 Å². The van der Waals surface area contributed by atoms with Crippen molar-refractivity contribution in [2.24, 2.45) is 7.05 Å². The standard InChI is InChI=1S/C20H27N5O5S/c1-6-30-14-8-7-12(31(28,29)21-9-10-26)11-13(14)18-22-15-16(19(27)23-18)25(5)24-17(15)20(2,3)4/h7-8,11,21,26H,6,9-10H2,1-5H3,(H,22,23,27). The summed E-state index contributed by atoms with van der Waals surface area (Å²) in [4.78, 5) is 20.2. The fourth-order valence-electron chi connectivity index (χ4n) is 3.22. The third-order valence-electron chi connectivity index (χ3n) is 4.62. The van der Waals surface area contributed by atoms with Gasteiger partial charge in [0.1, 0.15) is 17.1 Å². The Morgan fingerprint density at radius 1 is 1.29 bits per heavy atom. The molecule has 3 aromatic rings. The first kappa shape index (κ1) is 22.9. The van der Waals surface area contributed by atoms with Crippen molar-refractivity contribution < 1.29 is 18.3 Å². The van der Waals surface area contributed by atoms with Crippen molar-refractivity contribution in [3.63, 3.8) is 0 Å². The number of hydrogen-bond acceptors (Lipinski definition) is 7. The summed E-state index contributed by atoms with van der Waals surface area (Å²) in [5, 5.41) is 13.4. The zero-order valence-electron chi connectivity index (χ0n) is 18.2. The summed E-state index contributed by atoms with van der Waals surface area (Å²) in [5.41, 5.74) is 1.02. The number of nitrogens with zero attached hydrogens (tertiary/aromatic N) is 3. The maximum absolute atomic E-state index is 12.9. The Balaban J connectivity index is 2.28. The molecule has 0 aliphatic carbocycles. The molecule has 0 amide bonds. The van der Waals surface area contributed by atoms with Crippen LogP contribution in [0.2, 0.25) is 0 Å². The summed E-state index contributed by atoms with van der Waals surface area (Å²) in [6.07, 6.45) is 0. The maximum atomic E-state index is 12.9. The lowest BCUT2D eigenvalue weighted by molar-refractivity contribution is 0.301. The fourth-order valence-corrected chi connectivity index (χ4v) is 4.27. The van der Waals surface area contributed by atoms with E-state index >= 15 is 0 Å². The minimum Gasteiger partial charge on any atom is -0.493 e. The molecular formula is C20H27N5O5S. The molecule has 0 aliphatic heterocycles. The van der Waals surface area contributed by atoms with Crippen molar-refractivity contribution in [1.29, 1.82) is 0 Å². The second-order valence-corrected chi connectivity index (χ2v) is 9.81. The van der Waals surface area contributed by atoms with E-state index in [4.69, 9.17) is 9.84 Å². The number of rotatable bonds is 7. The Labute approximate surface area is 180 Å². The molecule has 0 atom stereocenters. The van der Waals surface area contributed by atoms with Gasteiger partial charge in [-0.05, 0) is 25.1 Å². The van der Waals surface area contributed by atoms with E-state index < -0.39 is 10.0 Å². The van der Waals surface area contributed by atoms with Crippen LogP contribution in [0.4, 0.5) is 0 Å². The van der Waals surface area contributed by atoms with Crippen molar-refractivity contribution in [3.8, 4) is 17.1 Å². The number of H-pyrrole nitrogens is 1. The van der Waals surface area contributed by atoms with Crippen molar-refractivity contribution in [3.05, 3.63) is 34.2 Å². The number of nitrogens with one attached hydrogen (secondary N) is 2. The third-order valence-corrected chi connectivity index (χ3v) is 6.08. The number of aliphatic hydroxyl groups is 1. The number of fused-ring (bicyclic) bond motifs is 1. The summed E-state index contributed by atoms with van der Waals surface area (Å²) < 4.78 is 34.5. The van der Waals surface area contributed by atoms with E-state index in [1.807, 2.05) is 20.8 Å². The van der Waals surface area contributed by atoms with Crippen LogP contribution in [0.1, 0.15) is 33.4 Å². The molecule has 2 heterocycles. The highest BCUT2D eigenvalue weighted by atomic mass is 32.2. The van der Waals surface area contributed by atoms with Crippen molar-refractivity contribution >= 4 is 21.1 Å². The third kappa shape index (κ3) is 4.48. The molecule has 0 radical (unpaired) electrons. The van der Waals surface area contributed by atoms with Gasteiger partial charge >= 0.3 is 0 Å². The quantitative estimate of drug-likeness (QED) is 0.494. The molecule has 3 rings (SSSR count). The number of aromatic amines is 1. The first-order chi connectivity index (χ1) is 14.5. The Hall–Kier alpha value is -2.76. The highest BCUT2D eigenvalue weighted by Crippen LogP contribution is 2.32. The van der Waals surface area contributed by atoms with E-state index in [0.717, 1.165) is 0 Å². The van der Waals surface area contributed by atoms with Crippen LogP contribution in [0, 0.1) is 0 Å². The molecule has 0 saturated heterocycles. The highest BCUT2D eigenvalue weighted by Gasteiger charge is 2.26. The molecule has 0 spiro atoms. The topological polar surface area (TPSA) is 139 Å². The van der Waals surface area contributed by atoms with Crippen LogP contribution >= 0.6 is 0 Å². The first-order valence-corrected chi connectivity index (χ1v) is 11.3. The predicted molar refractivity (Wildman–Crippen MR) is 117 cm³/mol. The summed E-state index contributed by atoms with van der Waals surface area (Å²) in [6.45, 7) is 7.63. The Bertz CT molecular complexity index is 1270. The van der Waals surface area contributed by atoms with Gasteiger partial charge in [0, 0.05) is 19.0 Å². The Morgan fingerprint density at radius 3 is 2.61 bits per heavy atom. The van der Waals surface area contributed by atoms with E-state index in [-0.39, 0.29) is 34.8 Å². The van der Waals surface area contributed by atoms with Crippen LogP contribution < -0.4 is 15.0 Å². The molecule has 31 heavy (non-hydrogen) atoms. The fraction of sp³-hybridized carbons (Fsp3) is 0.450. The smallest absolute Gasteiger partial charge is 0.277 e. The number of aromatic nitrogens is 4. The van der Waals surface area contributed by atoms with Crippen LogP contribution in [-0.4, -0.2) is 53.0 Å². The molecule has 0 bridgehead atoms. The van der Waals surface area contributed by atoms with Gasteiger partial charge in [-0.15, -0.1) is 0 Å². The van der Waals surface area contributed by atoms with E-state index in [2.05, 4.69) is 19.8 Å². The van der Waals surface area contributed by atoms with Gasteiger partial charge in [0.2, 0.25) is 10.0 Å². The molecule has 0 aliphatic rings. The van der Waals surface area contributed by atoms with Crippen LogP contribution in [0.25, 0.3) is 22.4 Å². The van der Waals surface area contributed by atoms with Crippen LogP contribution in [0.3, 0.4) is 0 Å². The molecule has 0 unspecified atom stereocenters. The number of sulfonamides is 1. The van der Waals surface area contributed by atoms with Gasteiger partial charge in [-0.3, -0.25) is 9.48 Å². The molecule has 10 nitrogen and oxygen atoms in total. The van der Waals surface area contributed by atoms with Gasteiger partial charge in [-0.1, -0.05) is 20.8 Å². The predicted octanol–water partition coefficient (Wildman–Crippen LogP) is 1.29. The molecule has 2 aromatic heterocycles. The van der Waals surface area contributed by atoms with Crippen LogP contribution in [0.5, 0.6) is 5.75 Å². The van der Waals surface area contributed by atoms with Crippen molar-refractivity contribution in [2.75, 3.05) is 19.8 Å². The van der Waals surface area contributed by atoms with Crippen LogP contribution in [-0.2, 0) is 22.5 Å². The largest absolute Gasteiger partial charge is 0.493 e. The molecule has 11 heteroatoms. The lowest BCUT2D eigenvalue weighted by Crippen LogP contribution is -2.26. The number of benzene rings is 1. The summed E-state index contributed by atoms with van der Waals surface area (Å²) in [5.74, 6) is 0.561. The van der Waals surface area contributed by atoms with Gasteiger partial charge in [-0.2, -0.15) is 5.10 Å². The SMILES string of the molecule is CCOc1ccc(S(=O)(=O)NCCO)cc1-c1nc2c(C(C)(C)C)nn(C)c2c(=O)[nH]1. The van der Waals surface area contributed by atoms with E-state index in [9.17, 15) is 13.2 Å². The van der Waals surface area contributed by atoms with Crippen molar-refractivity contribution in [2.45, 2.75) is 38.0 Å². The van der Waals surface area contributed by atoms with Gasteiger partial charge in [0.25, 0.3) is 5.56 Å². The van der Waals surface area contributed by atoms with Gasteiger partial charge in [0.15, 0.2) is 5.52 Å². The average molecular weight is 450 g/mol. The number of ether oxygens (including phenoxy) is 1. The molecular weight excluding hydrogens is 422 g/mol. The minimum atomic E-state index is -3.87. The van der Waals surface area contributed by atoms with Gasteiger partial charge in [0.05, 0.1) is 29.4 Å². The maximum Gasteiger partial charge on any atom is 0.277 e. The van der Waals surface area contributed by atoms with E-state index in [1.165, 1.54) is 22.9 Å². The van der Waals surface area contributed by atoms with E-state index in [1.54, 1.807) is 14.0 Å². The molecule has 168 valence electrons. The summed E-state index contributed by atoms with van der Waals surface area (Å²) in [6, 6.07) is 4.31. The summed E-state index contributed by atoms with van der Waals surface area (Å²) >= 11 is 0. The molecule has 0 fully saturated rings. The number of aliphatic hydroxyl groups excluding tert-OH is 1. The number of hydrogen-bond donors (Lipinski definition) is 3. The van der Waals surface area contributed by atoms with Gasteiger partial charge < -0.3 is 14.8 Å². The molecule has 0 saturated carbocycles. The lowest BCUT2D eigenvalue weighted by atomic mass is 9.91. The second kappa shape index (κ2) is 8.40. The Kier molecular flexibility index (Phi) is 6.21. The average Bonchev–Trinajstić information content (AvgIpc) is 3.04. The van der Waals surface area contributed by atoms with Gasteiger partial charge in [-0.25, -0.2) is 18.1 Å². The minimum absolute atomic E-state index is 0.0376. The second-order valence-electron chi connectivity index (χ2n) is 8.05. The zero-order chi connectivity index (χ0) is 23.0. The normalized spacial score (nSPS) is 12.5. The molecule has 3 N–H and O–H groups in total. The summed E-state index contributed by atoms with van der Waals surface area (Å²) in [7, 11) is -2.19. The highest BCUT2D eigenvalue weighted by molar-refractivity contribution is 7.89. The first-order valence-electron chi connectivity index (χ1n) is 9.85. The lowest BCUT2D eigenvalue weighted by Gasteiger charge is -2.15.